The molecule has 0 aliphatic carbocycles. The highest BCUT2D eigenvalue weighted by atomic mass is 79.9. The van der Waals surface area contributed by atoms with Crippen molar-refractivity contribution in [1.82, 2.24) is 5.32 Å². The van der Waals surface area contributed by atoms with Gasteiger partial charge in [0, 0.05) is 17.1 Å². The number of rotatable bonds is 7. The first kappa shape index (κ1) is 15.0. The highest BCUT2D eigenvalue weighted by Crippen LogP contribution is 2.22. The van der Waals surface area contributed by atoms with E-state index in [1.165, 1.54) is 0 Å². The standard InChI is InChI=1S/C13H19BrN2O2/c1-9(2)16-8-10-7-11(3-4-12(10)14)18-6-5-13(15)17/h3-4,7,9,16H,5-6,8H2,1-2H3,(H2,15,17). The molecule has 1 aromatic carbocycles. The number of ether oxygens (including phenoxy) is 1. The van der Waals surface area contributed by atoms with E-state index in [1.54, 1.807) is 0 Å². The normalized spacial score (nSPS) is 10.7. The first-order valence-electron chi connectivity index (χ1n) is 5.92. The second-order valence-electron chi connectivity index (χ2n) is 4.35. The number of hydrogen-bond acceptors (Lipinski definition) is 3. The van der Waals surface area contributed by atoms with Crippen LogP contribution in [0.25, 0.3) is 0 Å². The first-order chi connectivity index (χ1) is 8.49. The highest BCUT2D eigenvalue weighted by molar-refractivity contribution is 9.10. The Bertz CT molecular complexity index is 408. The van der Waals surface area contributed by atoms with E-state index in [0.29, 0.717) is 12.6 Å². The minimum Gasteiger partial charge on any atom is -0.493 e. The van der Waals surface area contributed by atoms with Gasteiger partial charge in [-0.15, -0.1) is 0 Å². The Morgan fingerprint density at radius 3 is 2.83 bits per heavy atom. The molecule has 1 rings (SSSR count). The van der Waals surface area contributed by atoms with Gasteiger partial charge in [0.2, 0.25) is 5.91 Å². The average molecular weight is 315 g/mol. The molecule has 0 saturated carbocycles. The third kappa shape index (κ3) is 5.51. The van der Waals surface area contributed by atoms with Crippen LogP contribution in [0, 0.1) is 0 Å². The van der Waals surface area contributed by atoms with Gasteiger partial charge in [0.05, 0.1) is 13.0 Å². The Hall–Kier alpha value is -1.07. The van der Waals surface area contributed by atoms with E-state index >= 15 is 0 Å². The maximum atomic E-state index is 10.6. The molecule has 0 aliphatic heterocycles. The van der Waals surface area contributed by atoms with Crippen LogP contribution in [0.3, 0.4) is 0 Å². The van der Waals surface area contributed by atoms with Crippen molar-refractivity contribution in [2.45, 2.75) is 32.9 Å². The zero-order valence-corrected chi connectivity index (χ0v) is 12.3. The van der Waals surface area contributed by atoms with Crippen molar-refractivity contribution in [3.8, 4) is 5.75 Å². The molecule has 0 spiro atoms. The maximum absolute atomic E-state index is 10.6. The minimum absolute atomic E-state index is 0.232. The number of primary amides is 1. The summed E-state index contributed by atoms with van der Waals surface area (Å²) in [4.78, 5) is 10.6. The predicted octanol–water partition coefficient (Wildman–Crippen LogP) is 2.20. The van der Waals surface area contributed by atoms with Crippen LogP contribution in [0.4, 0.5) is 0 Å². The second-order valence-corrected chi connectivity index (χ2v) is 5.21. The van der Waals surface area contributed by atoms with Crippen LogP contribution in [-0.2, 0) is 11.3 Å². The smallest absolute Gasteiger partial charge is 0.220 e. The molecular formula is C13H19BrN2O2. The van der Waals surface area contributed by atoms with Gasteiger partial charge in [0.15, 0.2) is 0 Å². The van der Waals surface area contributed by atoms with E-state index in [2.05, 4.69) is 35.1 Å². The average Bonchev–Trinajstić information content (AvgIpc) is 2.29. The SMILES string of the molecule is CC(C)NCc1cc(OCCC(N)=O)ccc1Br. The highest BCUT2D eigenvalue weighted by Gasteiger charge is 2.04. The summed E-state index contributed by atoms with van der Waals surface area (Å²) in [6.07, 6.45) is 0.232. The second kappa shape index (κ2) is 7.38. The Labute approximate surface area is 116 Å². The maximum Gasteiger partial charge on any atom is 0.220 e. The molecule has 1 amide bonds. The summed E-state index contributed by atoms with van der Waals surface area (Å²) in [5.74, 6) is 0.397. The molecule has 0 aromatic heterocycles. The minimum atomic E-state index is -0.353. The van der Waals surface area contributed by atoms with Gasteiger partial charge in [-0.1, -0.05) is 29.8 Å². The summed E-state index contributed by atoms with van der Waals surface area (Å²) in [7, 11) is 0. The lowest BCUT2D eigenvalue weighted by Gasteiger charge is -2.12. The van der Waals surface area contributed by atoms with E-state index < -0.39 is 0 Å². The first-order valence-corrected chi connectivity index (χ1v) is 6.71. The Balaban J connectivity index is 2.59. The lowest BCUT2D eigenvalue weighted by atomic mass is 10.2. The largest absolute Gasteiger partial charge is 0.493 e. The van der Waals surface area contributed by atoms with Crippen molar-refractivity contribution < 1.29 is 9.53 Å². The van der Waals surface area contributed by atoms with Crippen LogP contribution in [0.5, 0.6) is 5.75 Å². The number of nitrogens with one attached hydrogen (secondary N) is 1. The summed E-state index contributed by atoms with van der Waals surface area (Å²) >= 11 is 3.50. The molecule has 100 valence electrons. The number of amides is 1. The van der Waals surface area contributed by atoms with Gasteiger partial charge in [-0.25, -0.2) is 0 Å². The lowest BCUT2D eigenvalue weighted by Crippen LogP contribution is -2.22. The fourth-order valence-corrected chi connectivity index (χ4v) is 1.75. The summed E-state index contributed by atoms with van der Waals surface area (Å²) in [6.45, 7) is 5.28. The fraction of sp³-hybridized carbons (Fsp3) is 0.462. The third-order valence-electron chi connectivity index (χ3n) is 2.34. The molecule has 0 atom stereocenters. The number of carbonyl (C=O) groups is 1. The van der Waals surface area contributed by atoms with Gasteiger partial charge in [0.25, 0.3) is 0 Å². The summed E-state index contributed by atoms with van der Waals surface area (Å²) in [5.41, 5.74) is 6.18. The Morgan fingerprint density at radius 2 is 2.22 bits per heavy atom. The predicted molar refractivity (Wildman–Crippen MR) is 75.4 cm³/mol. The topological polar surface area (TPSA) is 64.3 Å². The summed E-state index contributed by atoms with van der Waals surface area (Å²) < 4.78 is 6.51. The number of nitrogens with two attached hydrogens (primary N) is 1. The molecule has 0 radical (unpaired) electrons. The molecule has 0 aliphatic rings. The van der Waals surface area contributed by atoms with E-state index in [9.17, 15) is 4.79 Å². The zero-order chi connectivity index (χ0) is 13.5. The molecule has 0 fully saturated rings. The van der Waals surface area contributed by atoms with Gasteiger partial charge in [0.1, 0.15) is 5.75 Å². The van der Waals surface area contributed by atoms with E-state index in [0.717, 1.165) is 22.3 Å². The van der Waals surface area contributed by atoms with Crippen LogP contribution >= 0.6 is 15.9 Å². The molecule has 4 nitrogen and oxygen atoms in total. The number of halogens is 1. The Kier molecular flexibility index (Phi) is 6.15. The van der Waals surface area contributed by atoms with Crippen LogP contribution < -0.4 is 15.8 Å². The van der Waals surface area contributed by atoms with Gasteiger partial charge in [-0.3, -0.25) is 4.79 Å². The van der Waals surface area contributed by atoms with Gasteiger partial charge >= 0.3 is 0 Å². The Morgan fingerprint density at radius 1 is 1.50 bits per heavy atom. The molecule has 18 heavy (non-hydrogen) atoms. The van der Waals surface area contributed by atoms with Gasteiger partial charge < -0.3 is 15.8 Å². The third-order valence-corrected chi connectivity index (χ3v) is 3.11. The van der Waals surface area contributed by atoms with Gasteiger partial charge in [-0.2, -0.15) is 0 Å². The molecule has 1 aromatic rings. The van der Waals surface area contributed by atoms with E-state index in [1.807, 2.05) is 18.2 Å². The molecule has 0 unspecified atom stereocenters. The van der Waals surface area contributed by atoms with Crippen molar-refractivity contribution in [2.75, 3.05) is 6.61 Å². The van der Waals surface area contributed by atoms with Crippen molar-refractivity contribution in [1.29, 1.82) is 0 Å². The molecule has 5 heteroatoms. The number of hydrogen-bond donors (Lipinski definition) is 2. The molecule has 0 heterocycles. The molecule has 0 saturated heterocycles. The quantitative estimate of drug-likeness (QED) is 0.811. The zero-order valence-electron chi connectivity index (χ0n) is 10.7. The van der Waals surface area contributed by atoms with Crippen LogP contribution in [0.1, 0.15) is 25.8 Å². The van der Waals surface area contributed by atoms with Crippen molar-refractivity contribution in [2.24, 2.45) is 5.73 Å². The van der Waals surface area contributed by atoms with Crippen molar-refractivity contribution in [3.05, 3.63) is 28.2 Å². The summed E-state index contributed by atoms with van der Waals surface area (Å²) in [5, 5.41) is 3.34. The lowest BCUT2D eigenvalue weighted by molar-refractivity contribution is -0.118. The number of benzene rings is 1. The van der Waals surface area contributed by atoms with E-state index in [4.69, 9.17) is 10.5 Å². The molecular weight excluding hydrogens is 296 g/mol. The van der Waals surface area contributed by atoms with Gasteiger partial charge in [-0.05, 0) is 23.8 Å². The fourth-order valence-electron chi connectivity index (χ4n) is 1.36. The van der Waals surface area contributed by atoms with Crippen LogP contribution in [0.15, 0.2) is 22.7 Å². The van der Waals surface area contributed by atoms with Crippen LogP contribution in [0.2, 0.25) is 0 Å². The van der Waals surface area contributed by atoms with E-state index in [-0.39, 0.29) is 12.3 Å². The molecule has 3 N–H and O–H groups in total. The van der Waals surface area contributed by atoms with Crippen molar-refractivity contribution >= 4 is 21.8 Å². The van der Waals surface area contributed by atoms with Crippen LogP contribution in [-0.4, -0.2) is 18.6 Å². The molecule has 0 bridgehead atoms. The van der Waals surface area contributed by atoms with Crippen molar-refractivity contribution in [3.63, 3.8) is 0 Å². The summed E-state index contributed by atoms with van der Waals surface area (Å²) in [6, 6.07) is 6.19. The monoisotopic (exact) mass is 314 g/mol. The number of carbonyl (C=O) groups excluding carboxylic acids is 1.